The summed E-state index contributed by atoms with van der Waals surface area (Å²) in [7, 11) is 4.27. The lowest BCUT2D eigenvalue weighted by Crippen LogP contribution is -2.30. The minimum absolute atomic E-state index is 0.449. The Bertz CT molecular complexity index is 486. The molecule has 19 heavy (non-hydrogen) atoms. The normalized spacial score (nSPS) is 13.1. The zero-order valence-corrected chi connectivity index (χ0v) is 14.7. The standard InChI is InChI=1S/C14H19BrN2S2/c1-10-12(15)7-11(19-10)8-16-9-13(17(2)3)14-5-4-6-18-14/h4-7,13,16H,8-9H2,1-3H3. The first-order chi connectivity index (χ1) is 9.08. The lowest BCUT2D eigenvalue weighted by molar-refractivity contribution is 0.292. The molecule has 104 valence electrons. The molecule has 1 N–H and O–H groups in total. The molecule has 0 aliphatic heterocycles. The fraction of sp³-hybridized carbons (Fsp3) is 0.429. The molecule has 0 aliphatic carbocycles. The Morgan fingerprint density at radius 2 is 2.21 bits per heavy atom. The topological polar surface area (TPSA) is 15.3 Å². The second kappa shape index (κ2) is 6.99. The maximum Gasteiger partial charge on any atom is 0.0561 e. The van der Waals surface area contributed by atoms with Gasteiger partial charge in [0.1, 0.15) is 0 Å². The van der Waals surface area contributed by atoms with Gasteiger partial charge in [-0.2, -0.15) is 0 Å². The minimum Gasteiger partial charge on any atom is -0.310 e. The van der Waals surface area contributed by atoms with E-state index in [1.165, 1.54) is 19.1 Å². The number of nitrogens with zero attached hydrogens (tertiary/aromatic N) is 1. The van der Waals surface area contributed by atoms with Crippen molar-refractivity contribution in [2.45, 2.75) is 19.5 Å². The fourth-order valence-electron chi connectivity index (χ4n) is 1.96. The third kappa shape index (κ3) is 4.13. The minimum atomic E-state index is 0.449. The number of aryl methyl sites for hydroxylation is 1. The molecule has 5 heteroatoms. The molecule has 0 aromatic carbocycles. The van der Waals surface area contributed by atoms with Crippen LogP contribution in [0.15, 0.2) is 28.1 Å². The van der Waals surface area contributed by atoms with E-state index in [2.05, 4.69) is 70.7 Å². The van der Waals surface area contributed by atoms with Crippen molar-refractivity contribution in [3.63, 3.8) is 0 Å². The van der Waals surface area contributed by atoms with Gasteiger partial charge in [-0.25, -0.2) is 0 Å². The van der Waals surface area contributed by atoms with E-state index in [0.717, 1.165) is 13.1 Å². The second-order valence-electron chi connectivity index (χ2n) is 4.74. The number of nitrogens with one attached hydrogen (secondary N) is 1. The summed E-state index contributed by atoms with van der Waals surface area (Å²) in [5, 5.41) is 5.71. The molecule has 0 amide bonds. The number of likely N-dealkylation sites (N-methyl/N-ethyl adjacent to an activating group) is 1. The van der Waals surface area contributed by atoms with E-state index in [1.807, 2.05) is 22.7 Å². The summed E-state index contributed by atoms with van der Waals surface area (Å²) < 4.78 is 1.22. The van der Waals surface area contributed by atoms with Gasteiger partial charge < -0.3 is 10.2 Å². The van der Waals surface area contributed by atoms with Gasteiger partial charge in [0.25, 0.3) is 0 Å². The first-order valence-corrected chi connectivity index (χ1v) is 8.72. The van der Waals surface area contributed by atoms with Crippen LogP contribution in [0.2, 0.25) is 0 Å². The number of thiophene rings is 2. The first kappa shape index (κ1) is 15.2. The van der Waals surface area contributed by atoms with E-state index in [1.54, 1.807) is 0 Å². The molecule has 1 atom stereocenters. The van der Waals surface area contributed by atoms with E-state index in [0.29, 0.717) is 6.04 Å². The van der Waals surface area contributed by atoms with Crippen LogP contribution in [0.5, 0.6) is 0 Å². The molecule has 2 aromatic rings. The van der Waals surface area contributed by atoms with Gasteiger partial charge >= 0.3 is 0 Å². The van der Waals surface area contributed by atoms with Gasteiger partial charge in [-0.05, 0) is 54.5 Å². The fourth-order valence-corrected chi connectivity index (χ4v) is 4.45. The summed E-state index contributed by atoms with van der Waals surface area (Å²) in [6.07, 6.45) is 0. The van der Waals surface area contributed by atoms with Gasteiger partial charge in [0, 0.05) is 32.2 Å². The monoisotopic (exact) mass is 358 g/mol. The first-order valence-electron chi connectivity index (χ1n) is 6.23. The average Bonchev–Trinajstić information content (AvgIpc) is 2.96. The molecule has 0 bridgehead atoms. The van der Waals surface area contributed by atoms with Crippen molar-refractivity contribution in [1.82, 2.24) is 10.2 Å². The average molecular weight is 359 g/mol. The number of rotatable bonds is 6. The predicted octanol–water partition coefficient (Wildman–Crippen LogP) is 4.27. The zero-order chi connectivity index (χ0) is 13.8. The van der Waals surface area contributed by atoms with Crippen molar-refractivity contribution in [3.8, 4) is 0 Å². The molecule has 0 saturated heterocycles. The van der Waals surface area contributed by atoms with E-state index >= 15 is 0 Å². The van der Waals surface area contributed by atoms with Crippen LogP contribution in [0.4, 0.5) is 0 Å². The third-order valence-corrected chi connectivity index (χ3v) is 6.15. The van der Waals surface area contributed by atoms with Crippen LogP contribution in [0.3, 0.4) is 0 Å². The van der Waals surface area contributed by atoms with Crippen molar-refractivity contribution in [3.05, 3.63) is 42.7 Å². The molecule has 2 rings (SSSR count). The Kier molecular flexibility index (Phi) is 5.59. The van der Waals surface area contributed by atoms with Crippen LogP contribution in [0, 0.1) is 6.92 Å². The van der Waals surface area contributed by atoms with Gasteiger partial charge in [-0.3, -0.25) is 0 Å². The molecule has 0 aliphatic rings. The van der Waals surface area contributed by atoms with Crippen molar-refractivity contribution in [2.24, 2.45) is 0 Å². The maximum absolute atomic E-state index is 3.57. The highest BCUT2D eigenvalue weighted by molar-refractivity contribution is 9.10. The van der Waals surface area contributed by atoms with E-state index in [9.17, 15) is 0 Å². The van der Waals surface area contributed by atoms with Crippen LogP contribution in [-0.4, -0.2) is 25.5 Å². The van der Waals surface area contributed by atoms with Crippen molar-refractivity contribution in [1.29, 1.82) is 0 Å². The molecule has 0 saturated carbocycles. The maximum atomic E-state index is 3.57. The second-order valence-corrected chi connectivity index (χ2v) is 7.92. The summed E-state index contributed by atoms with van der Waals surface area (Å²) in [6.45, 7) is 4.06. The van der Waals surface area contributed by atoms with E-state index < -0.39 is 0 Å². The smallest absolute Gasteiger partial charge is 0.0561 e. The van der Waals surface area contributed by atoms with Gasteiger partial charge in [0.05, 0.1) is 6.04 Å². The zero-order valence-electron chi connectivity index (χ0n) is 11.4. The van der Waals surface area contributed by atoms with Crippen molar-refractivity contribution >= 4 is 38.6 Å². The molecule has 0 fully saturated rings. The van der Waals surface area contributed by atoms with E-state index in [-0.39, 0.29) is 0 Å². The molecule has 2 aromatic heterocycles. The van der Waals surface area contributed by atoms with Gasteiger partial charge in [0.2, 0.25) is 0 Å². The molecule has 0 radical (unpaired) electrons. The molecule has 1 unspecified atom stereocenters. The number of halogens is 1. The highest BCUT2D eigenvalue weighted by Crippen LogP contribution is 2.26. The quantitative estimate of drug-likeness (QED) is 0.829. The largest absolute Gasteiger partial charge is 0.310 e. The third-order valence-electron chi connectivity index (χ3n) is 3.04. The Hall–Kier alpha value is -0.200. The summed E-state index contributed by atoms with van der Waals surface area (Å²) in [5.74, 6) is 0. The van der Waals surface area contributed by atoms with Crippen LogP contribution >= 0.6 is 38.6 Å². The van der Waals surface area contributed by atoms with Crippen LogP contribution in [-0.2, 0) is 6.54 Å². The molecule has 2 heterocycles. The predicted molar refractivity (Wildman–Crippen MR) is 89.2 cm³/mol. The van der Waals surface area contributed by atoms with Gasteiger partial charge in [0.15, 0.2) is 0 Å². The van der Waals surface area contributed by atoms with Crippen LogP contribution < -0.4 is 5.32 Å². The lowest BCUT2D eigenvalue weighted by Gasteiger charge is -2.23. The molecule has 0 spiro atoms. The summed E-state index contributed by atoms with van der Waals surface area (Å²) in [4.78, 5) is 6.42. The Morgan fingerprint density at radius 3 is 2.74 bits per heavy atom. The Morgan fingerprint density at radius 1 is 1.42 bits per heavy atom. The summed E-state index contributed by atoms with van der Waals surface area (Å²) in [6, 6.07) is 6.99. The van der Waals surface area contributed by atoms with Crippen LogP contribution in [0.25, 0.3) is 0 Å². The van der Waals surface area contributed by atoms with Crippen molar-refractivity contribution < 1.29 is 0 Å². The van der Waals surface area contributed by atoms with Gasteiger partial charge in [-0.1, -0.05) is 6.07 Å². The Balaban J connectivity index is 1.89. The van der Waals surface area contributed by atoms with Crippen molar-refractivity contribution in [2.75, 3.05) is 20.6 Å². The lowest BCUT2D eigenvalue weighted by atomic mass is 10.2. The highest BCUT2D eigenvalue weighted by atomic mass is 79.9. The molecular formula is C14H19BrN2S2. The highest BCUT2D eigenvalue weighted by Gasteiger charge is 2.14. The SMILES string of the molecule is Cc1sc(CNCC(c2cccs2)N(C)C)cc1Br. The van der Waals surface area contributed by atoms with E-state index in [4.69, 9.17) is 0 Å². The van der Waals surface area contributed by atoms with Gasteiger partial charge in [-0.15, -0.1) is 22.7 Å². The number of hydrogen-bond acceptors (Lipinski definition) is 4. The molecular weight excluding hydrogens is 340 g/mol. The summed E-state index contributed by atoms with van der Waals surface area (Å²) >= 11 is 7.24. The summed E-state index contributed by atoms with van der Waals surface area (Å²) in [5.41, 5.74) is 0. The molecule has 2 nitrogen and oxygen atoms in total. The van der Waals surface area contributed by atoms with Crippen LogP contribution in [0.1, 0.15) is 20.7 Å². The Labute approximate surface area is 131 Å². The number of hydrogen-bond donors (Lipinski definition) is 1.